The molecule has 220 valence electrons. The number of aromatic hydroxyl groups is 1. The molecule has 40 heavy (non-hydrogen) atoms. The van der Waals surface area contributed by atoms with Crippen LogP contribution < -0.4 is 0 Å². The Bertz CT molecular complexity index is 1120. The Labute approximate surface area is 244 Å². The van der Waals surface area contributed by atoms with Crippen LogP contribution in [-0.4, -0.2) is 16.2 Å². The Morgan fingerprint density at radius 2 is 0.975 bits per heavy atom. The van der Waals surface area contributed by atoms with E-state index < -0.39 is 5.97 Å². The number of aromatic carboxylic acids is 1. The van der Waals surface area contributed by atoms with Gasteiger partial charge in [-0.2, -0.15) is 0 Å². The standard InChI is InChI=1S/C37H54O3/c1-28(2)13-8-14-29(3)15-9-16-30(4)17-10-18-31(5)19-11-20-32(6)21-12-22-33(7)23-24-34-27-35(37(39)40)25-26-36(34)38/h13,15,17,19,21,23,25-27,38H,8-12,14,16,18,20,22,24H2,1-7H3,(H,39,40). The number of benzene rings is 1. The average Bonchev–Trinajstić information content (AvgIpc) is 2.87. The van der Waals surface area contributed by atoms with E-state index in [-0.39, 0.29) is 11.3 Å². The number of rotatable bonds is 18. The van der Waals surface area contributed by atoms with Crippen molar-refractivity contribution in [3.8, 4) is 5.75 Å². The number of hydrogen-bond donors (Lipinski definition) is 2. The van der Waals surface area contributed by atoms with Crippen LogP contribution in [0.25, 0.3) is 0 Å². The maximum Gasteiger partial charge on any atom is 0.335 e. The Balaban J connectivity index is 2.33. The summed E-state index contributed by atoms with van der Waals surface area (Å²) >= 11 is 0. The number of carboxylic acid groups (broad SMARTS) is 1. The largest absolute Gasteiger partial charge is 0.508 e. The zero-order valence-electron chi connectivity index (χ0n) is 26.3. The molecule has 0 atom stereocenters. The summed E-state index contributed by atoms with van der Waals surface area (Å²) in [5.74, 6) is -0.835. The lowest BCUT2D eigenvalue weighted by Gasteiger charge is -2.05. The molecule has 0 unspecified atom stereocenters. The van der Waals surface area contributed by atoms with Gasteiger partial charge in [-0.3, -0.25) is 0 Å². The second kappa shape index (κ2) is 19.9. The molecule has 0 bridgehead atoms. The molecule has 0 fully saturated rings. The fourth-order valence-corrected chi connectivity index (χ4v) is 4.45. The molecule has 0 radical (unpaired) electrons. The molecular weight excluding hydrogens is 492 g/mol. The normalized spacial score (nSPS) is 13.5. The lowest BCUT2D eigenvalue weighted by molar-refractivity contribution is 0.0696. The van der Waals surface area contributed by atoms with Crippen LogP contribution in [-0.2, 0) is 6.42 Å². The zero-order chi connectivity index (χ0) is 29.9. The second-order valence-corrected chi connectivity index (χ2v) is 11.6. The highest BCUT2D eigenvalue weighted by atomic mass is 16.4. The summed E-state index contributed by atoms with van der Waals surface area (Å²) in [6.45, 7) is 15.4. The second-order valence-electron chi connectivity index (χ2n) is 11.6. The average molecular weight is 547 g/mol. The first-order valence-corrected chi connectivity index (χ1v) is 14.9. The summed E-state index contributed by atoms with van der Waals surface area (Å²) in [5, 5.41) is 19.2. The van der Waals surface area contributed by atoms with Gasteiger partial charge in [0.05, 0.1) is 5.56 Å². The zero-order valence-corrected chi connectivity index (χ0v) is 26.3. The maximum atomic E-state index is 11.2. The molecule has 0 aromatic heterocycles. The Morgan fingerprint density at radius 1 is 0.600 bits per heavy atom. The summed E-state index contributed by atoms with van der Waals surface area (Å²) in [6, 6.07) is 4.43. The van der Waals surface area contributed by atoms with E-state index in [2.05, 4.69) is 84.9 Å². The third-order valence-electron chi connectivity index (χ3n) is 7.21. The minimum absolute atomic E-state index is 0.142. The van der Waals surface area contributed by atoms with E-state index in [1.807, 2.05) is 0 Å². The van der Waals surface area contributed by atoms with Crippen molar-refractivity contribution >= 4 is 5.97 Å². The van der Waals surface area contributed by atoms with Crippen molar-refractivity contribution in [1.82, 2.24) is 0 Å². The molecule has 0 amide bonds. The molecule has 0 aliphatic heterocycles. The van der Waals surface area contributed by atoms with E-state index in [0.29, 0.717) is 12.0 Å². The van der Waals surface area contributed by atoms with Gasteiger partial charge in [-0.15, -0.1) is 0 Å². The third kappa shape index (κ3) is 16.8. The molecule has 1 rings (SSSR count). The van der Waals surface area contributed by atoms with Crippen LogP contribution in [0.3, 0.4) is 0 Å². The molecule has 0 saturated heterocycles. The number of hydrogen-bond acceptors (Lipinski definition) is 2. The number of phenols is 1. The molecule has 0 saturated carbocycles. The van der Waals surface area contributed by atoms with Crippen LogP contribution in [0.15, 0.2) is 88.1 Å². The van der Waals surface area contributed by atoms with Crippen LogP contribution in [0.1, 0.15) is 129 Å². The summed E-state index contributed by atoms with van der Waals surface area (Å²) in [7, 11) is 0. The van der Waals surface area contributed by atoms with Gasteiger partial charge in [-0.25, -0.2) is 4.79 Å². The van der Waals surface area contributed by atoms with Crippen molar-refractivity contribution < 1.29 is 15.0 Å². The molecule has 0 aliphatic carbocycles. The van der Waals surface area contributed by atoms with E-state index in [0.717, 1.165) is 57.8 Å². The van der Waals surface area contributed by atoms with Crippen molar-refractivity contribution in [2.45, 2.75) is 119 Å². The molecule has 0 heterocycles. The molecule has 1 aromatic rings. The predicted molar refractivity (Wildman–Crippen MR) is 173 cm³/mol. The minimum atomic E-state index is -0.977. The summed E-state index contributed by atoms with van der Waals surface area (Å²) < 4.78 is 0. The van der Waals surface area contributed by atoms with E-state index in [1.54, 1.807) is 6.07 Å². The van der Waals surface area contributed by atoms with Gasteiger partial charge < -0.3 is 10.2 Å². The van der Waals surface area contributed by atoms with Crippen molar-refractivity contribution in [3.05, 3.63) is 99.2 Å². The Hall–Kier alpha value is -3.07. The Morgan fingerprint density at radius 3 is 1.35 bits per heavy atom. The predicted octanol–water partition coefficient (Wildman–Crippen LogP) is 11.2. The lowest BCUT2D eigenvalue weighted by atomic mass is 10.0. The topological polar surface area (TPSA) is 57.5 Å². The molecular formula is C37H54O3. The van der Waals surface area contributed by atoms with Crippen LogP contribution in [0, 0.1) is 0 Å². The highest BCUT2D eigenvalue weighted by Gasteiger charge is 2.07. The number of carbonyl (C=O) groups is 1. The van der Waals surface area contributed by atoms with Gasteiger partial charge in [0.1, 0.15) is 5.75 Å². The first-order chi connectivity index (χ1) is 19.0. The molecule has 1 aromatic carbocycles. The molecule has 3 heteroatoms. The molecule has 0 spiro atoms. The van der Waals surface area contributed by atoms with Crippen LogP contribution in [0.5, 0.6) is 5.75 Å². The molecule has 3 nitrogen and oxygen atoms in total. The van der Waals surface area contributed by atoms with Crippen molar-refractivity contribution in [1.29, 1.82) is 0 Å². The Kier molecular flexibility index (Phi) is 17.4. The van der Waals surface area contributed by atoms with Gasteiger partial charge in [0.15, 0.2) is 0 Å². The van der Waals surface area contributed by atoms with Gasteiger partial charge in [-0.1, -0.05) is 69.9 Å². The van der Waals surface area contributed by atoms with Crippen molar-refractivity contribution in [2.75, 3.05) is 0 Å². The SMILES string of the molecule is CC(C)=CCCC(C)=CCCC(C)=CCCC(C)=CCCC(C)=CCCC(C)=CCc1cc(C(=O)O)ccc1O. The van der Waals surface area contributed by atoms with Gasteiger partial charge >= 0.3 is 5.97 Å². The fourth-order valence-electron chi connectivity index (χ4n) is 4.45. The third-order valence-corrected chi connectivity index (χ3v) is 7.21. The first-order valence-electron chi connectivity index (χ1n) is 14.9. The fraction of sp³-hybridized carbons (Fsp3) is 0.486. The van der Waals surface area contributed by atoms with Crippen LogP contribution in [0.2, 0.25) is 0 Å². The quantitative estimate of drug-likeness (QED) is 0.180. The van der Waals surface area contributed by atoms with E-state index in [1.165, 1.54) is 52.0 Å². The monoisotopic (exact) mass is 546 g/mol. The van der Waals surface area contributed by atoms with Gasteiger partial charge in [0, 0.05) is 0 Å². The first kappa shape index (κ1) is 35.0. The molecule has 2 N–H and O–H groups in total. The highest BCUT2D eigenvalue weighted by molar-refractivity contribution is 5.88. The van der Waals surface area contributed by atoms with Gasteiger partial charge in [-0.05, 0) is 143 Å². The number of carboxylic acids is 1. The van der Waals surface area contributed by atoms with Gasteiger partial charge in [0.2, 0.25) is 0 Å². The van der Waals surface area contributed by atoms with Crippen molar-refractivity contribution in [3.63, 3.8) is 0 Å². The van der Waals surface area contributed by atoms with Gasteiger partial charge in [0.25, 0.3) is 0 Å². The summed E-state index contributed by atoms with van der Waals surface area (Å²) in [4.78, 5) is 11.2. The van der Waals surface area contributed by atoms with E-state index >= 15 is 0 Å². The van der Waals surface area contributed by atoms with Crippen molar-refractivity contribution in [2.24, 2.45) is 0 Å². The highest BCUT2D eigenvalue weighted by Crippen LogP contribution is 2.21. The van der Waals surface area contributed by atoms with E-state index in [9.17, 15) is 9.90 Å². The van der Waals surface area contributed by atoms with E-state index in [4.69, 9.17) is 5.11 Å². The smallest absolute Gasteiger partial charge is 0.335 e. The summed E-state index contributed by atoms with van der Waals surface area (Å²) in [5.41, 5.74) is 9.39. The lowest BCUT2D eigenvalue weighted by Crippen LogP contribution is -1.97. The van der Waals surface area contributed by atoms with Crippen LogP contribution >= 0.6 is 0 Å². The van der Waals surface area contributed by atoms with Crippen LogP contribution in [0.4, 0.5) is 0 Å². The minimum Gasteiger partial charge on any atom is -0.508 e. The number of phenolic OH excluding ortho intramolecular Hbond substituents is 1. The molecule has 0 aliphatic rings. The number of allylic oxidation sites excluding steroid dienone is 12. The maximum absolute atomic E-state index is 11.2. The summed E-state index contributed by atoms with van der Waals surface area (Å²) in [6.07, 6.45) is 25.5.